The van der Waals surface area contributed by atoms with Gasteiger partial charge in [0, 0.05) is 24.1 Å². The molecule has 8 heteroatoms. The molecule has 3 aromatic rings. The molecular weight excluding hydrogens is 400 g/mol. The molecule has 8 nitrogen and oxygen atoms in total. The largest absolute Gasteiger partial charge is 0.496 e. The quantitative estimate of drug-likeness (QED) is 0.339. The predicted octanol–water partition coefficient (Wildman–Crippen LogP) is 3.20. The molecule has 31 heavy (non-hydrogen) atoms. The summed E-state index contributed by atoms with van der Waals surface area (Å²) >= 11 is 0. The van der Waals surface area contributed by atoms with Crippen molar-refractivity contribution < 1.29 is 24.0 Å². The molecule has 0 saturated heterocycles. The highest BCUT2D eigenvalue weighted by Gasteiger charge is 2.25. The van der Waals surface area contributed by atoms with Gasteiger partial charge in [-0.15, -0.1) is 0 Å². The first-order valence-electron chi connectivity index (χ1n) is 9.57. The van der Waals surface area contributed by atoms with Crippen molar-refractivity contribution in [3.63, 3.8) is 0 Å². The van der Waals surface area contributed by atoms with E-state index in [9.17, 15) is 19.7 Å². The summed E-state index contributed by atoms with van der Waals surface area (Å²) in [4.78, 5) is 35.5. The molecule has 0 aliphatic rings. The molecule has 0 fully saturated rings. The zero-order valence-corrected chi connectivity index (χ0v) is 17.2. The van der Waals surface area contributed by atoms with Gasteiger partial charge in [0.1, 0.15) is 11.8 Å². The number of esters is 1. The van der Waals surface area contributed by atoms with E-state index in [1.165, 1.54) is 32.4 Å². The van der Waals surface area contributed by atoms with Crippen molar-refractivity contribution in [1.82, 2.24) is 5.32 Å². The zero-order chi connectivity index (χ0) is 22.4. The van der Waals surface area contributed by atoms with E-state index in [-0.39, 0.29) is 24.4 Å². The van der Waals surface area contributed by atoms with Crippen LogP contribution >= 0.6 is 0 Å². The molecule has 0 spiro atoms. The number of carbonyl (C=O) groups excluding carboxylic acids is 2. The highest BCUT2D eigenvalue weighted by atomic mass is 16.6. The Labute approximate surface area is 178 Å². The summed E-state index contributed by atoms with van der Waals surface area (Å²) in [7, 11) is 2.64. The van der Waals surface area contributed by atoms with Crippen LogP contribution in [0, 0.1) is 10.1 Å². The monoisotopic (exact) mass is 422 g/mol. The molecule has 1 atom stereocenters. The van der Waals surface area contributed by atoms with Crippen LogP contribution in [0.2, 0.25) is 0 Å². The number of hydrogen-bond acceptors (Lipinski definition) is 6. The lowest BCUT2D eigenvalue weighted by Crippen LogP contribution is -2.43. The number of nitrogens with one attached hydrogen (secondary N) is 1. The number of carbonyl (C=O) groups is 2. The van der Waals surface area contributed by atoms with Crippen LogP contribution in [0.15, 0.2) is 60.7 Å². The van der Waals surface area contributed by atoms with Gasteiger partial charge < -0.3 is 14.8 Å². The van der Waals surface area contributed by atoms with Gasteiger partial charge >= 0.3 is 5.97 Å². The van der Waals surface area contributed by atoms with Crippen molar-refractivity contribution in [1.29, 1.82) is 0 Å². The molecule has 3 rings (SSSR count). The minimum absolute atomic E-state index is 0.0129. The van der Waals surface area contributed by atoms with Crippen LogP contribution in [-0.2, 0) is 27.2 Å². The summed E-state index contributed by atoms with van der Waals surface area (Å²) in [6.07, 6.45) is 0.0609. The van der Waals surface area contributed by atoms with Crippen LogP contribution in [0.5, 0.6) is 5.75 Å². The molecular formula is C23H22N2O6. The first-order chi connectivity index (χ1) is 14.9. The van der Waals surface area contributed by atoms with Gasteiger partial charge in [-0.05, 0) is 22.4 Å². The van der Waals surface area contributed by atoms with E-state index >= 15 is 0 Å². The summed E-state index contributed by atoms with van der Waals surface area (Å²) in [5.74, 6) is -0.640. The Morgan fingerprint density at radius 1 is 1.03 bits per heavy atom. The molecule has 0 saturated carbocycles. The minimum atomic E-state index is -1.02. The first kappa shape index (κ1) is 21.8. The fraction of sp³-hybridized carbons (Fsp3) is 0.217. The number of nitro groups is 1. The van der Waals surface area contributed by atoms with Crippen molar-refractivity contribution in [3.8, 4) is 5.75 Å². The smallest absolute Gasteiger partial charge is 0.328 e. The number of fused-ring (bicyclic) bond motifs is 1. The van der Waals surface area contributed by atoms with Crippen molar-refractivity contribution >= 4 is 28.3 Å². The molecule has 1 amide bonds. The van der Waals surface area contributed by atoms with Crippen molar-refractivity contribution in [2.45, 2.75) is 18.9 Å². The van der Waals surface area contributed by atoms with Crippen LogP contribution in [0.25, 0.3) is 10.8 Å². The highest BCUT2D eigenvalue weighted by Crippen LogP contribution is 2.25. The second-order valence-corrected chi connectivity index (χ2v) is 6.96. The number of ether oxygens (including phenoxy) is 2. The van der Waals surface area contributed by atoms with Crippen LogP contribution in [0.3, 0.4) is 0 Å². The summed E-state index contributed by atoms with van der Waals surface area (Å²) in [6, 6.07) is 16.6. The number of rotatable bonds is 8. The molecule has 0 aliphatic heterocycles. The summed E-state index contributed by atoms with van der Waals surface area (Å²) in [5.41, 5.74) is 1.08. The van der Waals surface area contributed by atoms with Crippen LogP contribution in [0.4, 0.5) is 5.69 Å². The van der Waals surface area contributed by atoms with Gasteiger partial charge in [0.2, 0.25) is 5.91 Å². The summed E-state index contributed by atoms with van der Waals surface area (Å²) in [5, 5.41) is 15.9. The lowest BCUT2D eigenvalue weighted by atomic mass is 10.0. The topological polar surface area (TPSA) is 108 Å². The van der Waals surface area contributed by atoms with Gasteiger partial charge in [-0.1, -0.05) is 42.5 Å². The fourth-order valence-electron chi connectivity index (χ4n) is 3.37. The highest BCUT2D eigenvalue weighted by molar-refractivity contribution is 5.88. The maximum Gasteiger partial charge on any atom is 0.328 e. The normalized spacial score (nSPS) is 11.5. The summed E-state index contributed by atoms with van der Waals surface area (Å²) in [6.45, 7) is 0. The van der Waals surface area contributed by atoms with Gasteiger partial charge in [0.15, 0.2) is 0 Å². The fourth-order valence-corrected chi connectivity index (χ4v) is 3.37. The Balaban J connectivity index is 1.78. The lowest BCUT2D eigenvalue weighted by molar-refractivity contribution is -0.384. The molecule has 0 aliphatic carbocycles. The van der Waals surface area contributed by atoms with E-state index in [2.05, 4.69) is 5.32 Å². The van der Waals surface area contributed by atoms with Gasteiger partial charge in [0.05, 0.1) is 25.6 Å². The molecule has 3 aromatic carbocycles. The average molecular weight is 422 g/mol. The molecule has 0 aromatic heterocycles. The second-order valence-electron chi connectivity index (χ2n) is 6.96. The third-order valence-corrected chi connectivity index (χ3v) is 4.90. The Kier molecular flexibility index (Phi) is 6.81. The van der Waals surface area contributed by atoms with E-state index in [0.717, 1.165) is 16.3 Å². The van der Waals surface area contributed by atoms with E-state index in [1.54, 1.807) is 0 Å². The van der Waals surface area contributed by atoms with Crippen molar-refractivity contribution in [2.24, 2.45) is 0 Å². The number of nitro benzene ring substituents is 1. The van der Waals surface area contributed by atoms with E-state index < -0.39 is 16.9 Å². The Bertz CT molecular complexity index is 1130. The standard InChI is InChI=1S/C23H22N2O6/c1-30-21-10-9-19(25(28)29)13-18(21)14-20(23(27)31-2)24-22(26)12-15-7-8-16-5-3-4-6-17(16)11-15/h3-11,13,20H,12,14H2,1-2H3,(H,24,26)/t20-/m1/s1. The molecule has 0 radical (unpaired) electrons. The number of nitrogens with zero attached hydrogens (tertiary/aromatic N) is 1. The second kappa shape index (κ2) is 9.71. The number of methoxy groups -OCH3 is 2. The molecule has 1 N–H and O–H groups in total. The number of hydrogen-bond donors (Lipinski definition) is 1. The van der Waals surface area contributed by atoms with Gasteiger partial charge in [-0.25, -0.2) is 4.79 Å². The Morgan fingerprint density at radius 3 is 2.45 bits per heavy atom. The molecule has 0 heterocycles. The molecule has 160 valence electrons. The van der Waals surface area contributed by atoms with Crippen LogP contribution in [0.1, 0.15) is 11.1 Å². The first-order valence-corrected chi connectivity index (χ1v) is 9.57. The average Bonchev–Trinajstić information content (AvgIpc) is 2.77. The minimum Gasteiger partial charge on any atom is -0.496 e. The number of benzene rings is 3. The Morgan fingerprint density at radius 2 is 1.77 bits per heavy atom. The van der Waals surface area contributed by atoms with E-state index in [4.69, 9.17) is 9.47 Å². The maximum absolute atomic E-state index is 12.6. The Hall–Kier alpha value is -3.94. The van der Waals surface area contributed by atoms with Crippen LogP contribution < -0.4 is 10.1 Å². The maximum atomic E-state index is 12.6. The van der Waals surface area contributed by atoms with E-state index in [1.807, 2.05) is 42.5 Å². The van der Waals surface area contributed by atoms with Gasteiger partial charge in [-0.2, -0.15) is 0 Å². The van der Waals surface area contributed by atoms with Gasteiger partial charge in [0.25, 0.3) is 5.69 Å². The van der Waals surface area contributed by atoms with Gasteiger partial charge in [-0.3, -0.25) is 14.9 Å². The SMILES string of the molecule is COC(=O)[C@@H](Cc1cc([N+](=O)[O-])ccc1OC)NC(=O)Cc1ccc2ccccc2c1. The lowest BCUT2D eigenvalue weighted by Gasteiger charge is -2.18. The predicted molar refractivity (Wildman–Crippen MR) is 115 cm³/mol. The van der Waals surface area contributed by atoms with E-state index in [0.29, 0.717) is 11.3 Å². The summed E-state index contributed by atoms with van der Waals surface area (Å²) < 4.78 is 10.1. The number of amides is 1. The third kappa shape index (κ3) is 5.36. The molecule has 0 unspecified atom stereocenters. The van der Waals surface area contributed by atoms with Crippen LogP contribution in [-0.4, -0.2) is 37.1 Å². The van der Waals surface area contributed by atoms with Crippen molar-refractivity contribution in [3.05, 3.63) is 81.9 Å². The zero-order valence-electron chi connectivity index (χ0n) is 17.2. The number of non-ortho nitro benzene ring substituents is 1. The molecule has 0 bridgehead atoms. The van der Waals surface area contributed by atoms with Crippen molar-refractivity contribution in [2.75, 3.05) is 14.2 Å². The third-order valence-electron chi connectivity index (χ3n) is 4.90.